The van der Waals surface area contributed by atoms with Gasteiger partial charge in [0.05, 0.1) is 26.2 Å². The number of nitrogens with one attached hydrogen (secondary N) is 1. The topological polar surface area (TPSA) is 64.6 Å². The number of esters is 1. The number of hydrogen-bond acceptors (Lipinski definition) is 4. The first-order valence-electron chi connectivity index (χ1n) is 5.67. The first kappa shape index (κ1) is 12.4. The third-order valence-electron chi connectivity index (χ3n) is 3.08. The molecule has 0 bridgehead atoms. The maximum atomic E-state index is 11.7. The van der Waals surface area contributed by atoms with Crippen molar-refractivity contribution in [1.29, 1.82) is 0 Å². The molecule has 5 nitrogen and oxygen atoms in total. The monoisotopic (exact) mass is 249 g/mol. The summed E-state index contributed by atoms with van der Waals surface area (Å²) in [6.07, 6.45) is 0.161. The van der Waals surface area contributed by atoms with Crippen LogP contribution in [0.4, 0.5) is 0 Å². The molecule has 1 saturated heterocycles. The molecule has 18 heavy (non-hydrogen) atoms. The van der Waals surface area contributed by atoms with Crippen LogP contribution in [0.15, 0.2) is 24.3 Å². The van der Waals surface area contributed by atoms with E-state index in [1.165, 1.54) is 7.11 Å². The summed E-state index contributed by atoms with van der Waals surface area (Å²) >= 11 is 0. The van der Waals surface area contributed by atoms with E-state index in [0.29, 0.717) is 5.75 Å². The smallest absolute Gasteiger partial charge is 0.311 e. The molecule has 1 heterocycles. The molecular weight excluding hydrogens is 234 g/mol. The van der Waals surface area contributed by atoms with E-state index in [-0.39, 0.29) is 24.3 Å². The number of amides is 1. The number of ether oxygens (including phenoxy) is 2. The Morgan fingerprint density at radius 1 is 1.39 bits per heavy atom. The Morgan fingerprint density at radius 2 is 2.17 bits per heavy atom. The minimum absolute atomic E-state index is 0.141. The predicted molar refractivity (Wildman–Crippen MR) is 64.0 cm³/mol. The van der Waals surface area contributed by atoms with Gasteiger partial charge in [0, 0.05) is 6.42 Å². The van der Waals surface area contributed by atoms with Gasteiger partial charge in [0.1, 0.15) is 5.75 Å². The Kier molecular flexibility index (Phi) is 3.50. The van der Waals surface area contributed by atoms with Crippen LogP contribution in [0.3, 0.4) is 0 Å². The molecule has 2 atom stereocenters. The summed E-state index contributed by atoms with van der Waals surface area (Å²) in [6.45, 7) is 0. The molecule has 96 valence electrons. The fourth-order valence-corrected chi connectivity index (χ4v) is 2.17. The maximum Gasteiger partial charge on any atom is 0.311 e. The predicted octanol–water partition coefficient (Wildman–Crippen LogP) is 1.05. The second-order valence-electron chi connectivity index (χ2n) is 4.16. The maximum absolute atomic E-state index is 11.7. The van der Waals surface area contributed by atoms with Crippen LogP contribution in [0.25, 0.3) is 0 Å². The lowest BCUT2D eigenvalue weighted by molar-refractivity contribution is -0.146. The third-order valence-corrected chi connectivity index (χ3v) is 3.08. The molecule has 1 N–H and O–H groups in total. The van der Waals surface area contributed by atoms with Crippen molar-refractivity contribution in [1.82, 2.24) is 5.32 Å². The molecule has 1 fully saturated rings. The Balaban J connectivity index is 2.29. The number of carbonyl (C=O) groups is 2. The third kappa shape index (κ3) is 2.30. The zero-order valence-corrected chi connectivity index (χ0v) is 10.3. The lowest BCUT2D eigenvalue weighted by atomic mass is 9.94. The Labute approximate surface area is 105 Å². The quantitative estimate of drug-likeness (QED) is 0.813. The fraction of sp³-hybridized carbons (Fsp3) is 0.385. The molecule has 1 amide bonds. The van der Waals surface area contributed by atoms with Gasteiger partial charge in [-0.25, -0.2) is 0 Å². The highest BCUT2D eigenvalue weighted by atomic mass is 16.5. The van der Waals surface area contributed by atoms with E-state index in [0.717, 1.165) is 5.56 Å². The van der Waals surface area contributed by atoms with Gasteiger partial charge in [0.2, 0.25) is 5.91 Å². The highest BCUT2D eigenvalue weighted by Crippen LogP contribution is 2.32. The van der Waals surface area contributed by atoms with Crippen molar-refractivity contribution in [2.24, 2.45) is 5.92 Å². The molecule has 0 radical (unpaired) electrons. The molecule has 0 spiro atoms. The highest BCUT2D eigenvalue weighted by Gasteiger charge is 2.39. The minimum Gasteiger partial charge on any atom is -0.497 e. The van der Waals surface area contributed by atoms with Gasteiger partial charge in [-0.1, -0.05) is 12.1 Å². The van der Waals surface area contributed by atoms with Crippen LogP contribution in [0.1, 0.15) is 18.0 Å². The van der Waals surface area contributed by atoms with Gasteiger partial charge in [-0.05, 0) is 17.7 Å². The zero-order valence-electron chi connectivity index (χ0n) is 10.3. The van der Waals surface area contributed by atoms with Crippen LogP contribution >= 0.6 is 0 Å². The summed E-state index contributed by atoms with van der Waals surface area (Å²) in [4.78, 5) is 23.1. The van der Waals surface area contributed by atoms with Crippen molar-refractivity contribution in [2.75, 3.05) is 14.2 Å². The molecule has 1 aliphatic rings. The van der Waals surface area contributed by atoms with Crippen LogP contribution in [-0.2, 0) is 14.3 Å². The summed E-state index contributed by atoms with van der Waals surface area (Å²) in [7, 11) is 2.90. The van der Waals surface area contributed by atoms with E-state index in [9.17, 15) is 9.59 Å². The number of rotatable bonds is 3. The summed E-state index contributed by atoms with van der Waals surface area (Å²) < 4.78 is 9.86. The molecule has 0 aliphatic carbocycles. The minimum atomic E-state index is -0.477. The van der Waals surface area contributed by atoms with Gasteiger partial charge < -0.3 is 14.8 Å². The number of benzene rings is 1. The second kappa shape index (κ2) is 5.08. The molecule has 1 aromatic carbocycles. The highest BCUT2D eigenvalue weighted by molar-refractivity contribution is 5.87. The Hall–Kier alpha value is -2.04. The first-order chi connectivity index (χ1) is 8.65. The van der Waals surface area contributed by atoms with Crippen LogP contribution in [-0.4, -0.2) is 26.1 Å². The van der Waals surface area contributed by atoms with Crippen molar-refractivity contribution < 1.29 is 19.1 Å². The molecule has 5 heteroatoms. The van der Waals surface area contributed by atoms with Gasteiger partial charge in [-0.2, -0.15) is 0 Å². The van der Waals surface area contributed by atoms with Gasteiger partial charge >= 0.3 is 5.97 Å². The average molecular weight is 249 g/mol. The fourth-order valence-electron chi connectivity index (χ4n) is 2.17. The van der Waals surface area contributed by atoms with Gasteiger partial charge in [-0.15, -0.1) is 0 Å². The van der Waals surface area contributed by atoms with E-state index in [1.54, 1.807) is 7.11 Å². The van der Waals surface area contributed by atoms with Crippen molar-refractivity contribution in [3.8, 4) is 5.75 Å². The summed E-state index contributed by atoms with van der Waals surface area (Å²) in [5, 5.41) is 2.79. The lowest BCUT2D eigenvalue weighted by Crippen LogP contribution is -2.25. The summed E-state index contributed by atoms with van der Waals surface area (Å²) in [5.74, 6) is -0.300. The van der Waals surface area contributed by atoms with Crippen LogP contribution in [0, 0.1) is 5.92 Å². The lowest BCUT2D eigenvalue weighted by Gasteiger charge is -2.17. The molecule has 1 aromatic rings. The van der Waals surface area contributed by atoms with Gasteiger partial charge in [0.15, 0.2) is 0 Å². The van der Waals surface area contributed by atoms with E-state index in [2.05, 4.69) is 5.32 Å². The van der Waals surface area contributed by atoms with Crippen LogP contribution < -0.4 is 10.1 Å². The summed E-state index contributed by atoms with van der Waals surface area (Å²) in [6, 6.07) is 6.96. The number of carbonyl (C=O) groups excluding carboxylic acids is 2. The first-order valence-corrected chi connectivity index (χ1v) is 5.67. The van der Waals surface area contributed by atoms with Crippen molar-refractivity contribution in [3.63, 3.8) is 0 Å². The largest absolute Gasteiger partial charge is 0.497 e. The van der Waals surface area contributed by atoms with E-state index in [4.69, 9.17) is 9.47 Å². The Bertz CT molecular complexity index is 472. The van der Waals surface area contributed by atoms with Crippen molar-refractivity contribution in [2.45, 2.75) is 12.5 Å². The normalized spacial score (nSPS) is 22.4. The van der Waals surface area contributed by atoms with Crippen LogP contribution in [0.5, 0.6) is 5.75 Å². The SMILES string of the molecule is COC(=O)[C@H]1CC(=O)NC1c1cccc(OC)c1. The molecular formula is C13H15NO4. The van der Waals surface area contributed by atoms with Gasteiger partial charge in [-0.3, -0.25) is 9.59 Å². The van der Waals surface area contributed by atoms with E-state index < -0.39 is 5.92 Å². The number of methoxy groups -OCH3 is 2. The second-order valence-corrected chi connectivity index (χ2v) is 4.16. The standard InChI is InChI=1S/C13H15NO4/c1-17-9-5-3-4-8(6-9)12-10(13(16)18-2)7-11(15)14-12/h3-6,10,12H,7H2,1-2H3,(H,14,15)/t10-,12?/m0/s1. The zero-order chi connectivity index (χ0) is 13.1. The molecule has 0 aromatic heterocycles. The van der Waals surface area contributed by atoms with Crippen LogP contribution in [0.2, 0.25) is 0 Å². The molecule has 1 aliphatic heterocycles. The molecule has 2 rings (SSSR count). The Morgan fingerprint density at radius 3 is 2.83 bits per heavy atom. The van der Waals surface area contributed by atoms with E-state index in [1.807, 2.05) is 24.3 Å². The number of hydrogen-bond donors (Lipinski definition) is 1. The van der Waals surface area contributed by atoms with Crippen molar-refractivity contribution in [3.05, 3.63) is 29.8 Å². The van der Waals surface area contributed by atoms with Crippen molar-refractivity contribution >= 4 is 11.9 Å². The van der Waals surface area contributed by atoms with Gasteiger partial charge in [0.25, 0.3) is 0 Å². The molecule has 0 saturated carbocycles. The average Bonchev–Trinajstić information content (AvgIpc) is 2.80. The molecule has 1 unspecified atom stereocenters. The summed E-state index contributed by atoms with van der Waals surface area (Å²) in [5.41, 5.74) is 0.843. The van der Waals surface area contributed by atoms with E-state index >= 15 is 0 Å².